The summed E-state index contributed by atoms with van der Waals surface area (Å²) in [5.74, 6) is 0. The fraction of sp³-hybridized carbons (Fsp3) is 0.385. The molecule has 0 saturated carbocycles. The monoisotopic (exact) mass is 582 g/mol. The summed E-state index contributed by atoms with van der Waals surface area (Å²) in [5.41, 5.74) is 0.362. The fourth-order valence-corrected chi connectivity index (χ4v) is 15.6. The lowest BCUT2D eigenvalue weighted by Crippen LogP contribution is -2.36. The predicted octanol–water partition coefficient (Wildman–Crippen LogP) is 9.38. The van der Waals surface area contributed by atoms with Crippen molar-refractivity contribution >= 4 is 41.0 Å². The minimum absolute atomic E-state index is 0.362. The lowest BCUT2D eigenvalue weighted by Gasteiger charge is -2.31. The van der Waals surface area contributed by atoms with Gasteiger partial charge < -0.3 is 0 Å². The first-order valence-corrected chi connectivity index (χ1v) is 20.0. The van der Waals surface area contributed by atoms with Crippen LogP contribution in [0.3, 0.4) is 0 Å². The molecule has 1 unspecified atom stereocenters. The Morgan fingerprint density at radius 1 is 0.463 bits per heavy atom. The lowest BCUT2D eigenvalue weighted by molar-refractivity contribution is 0.374. The van der Waals surface area contributed by atoms with Crippen LogP contribution in [0, 0.1) is 5.41 Å². The first kappa shape index (κ1) is 31.7. The third kappa shape index (κ3) is 7.58. The Morgan fingerprint density at radius 3 is 1.41 bits per heavy atom. The molecular weight excluding hydrogens is 530 g/mol. The van der Waals surface area contributed by atoms with Crippen LogP contribution in [0.5, 0.6) is 0 Å². The Kier molecular flexibility index (Phi) is 11.4. The second-order valence-corrected chi connectivity index (χ2v) is 20.3. The van der Waals surface area contributed by atoms with Crippen molar-refractivity contribution in [2.75, 3.05) is 18.5 Å². The summed E-state index contributed by atoms with van der Waals surface area (Å²) in [4.78, 5) is 0. The average Bonchev–Trinajstić information content (AvgIpc) is 3.00. The summed E-state index contributed by atoms with van der Waals surface area (Å²) in [6, 6.07) is 44.7. The van der Waals surface area contributed by atoms with Gasteiger partial charge in [-0.1, -0.05) is 108 Å². The number of unbranched alkanes of at least 4 members (excludes halogenated alkanes) is 2. The molecule has 4 rings (SSSR count). The Hall–Kier alpha value is -2.26. The Balaban J connectivity index is 1.95. The molecular formula is C39H52P2+2. The maximum Gasteiger partial charge on any atom is 0.112 e. The van der Waals surface area contributed by atoms with E-state index in [0.29, 0.717) is 5.41 Å². The molecule has 0 amide bonds. The van der Waals surface area contributed by atoms with E-state index in [2.05, 4.69) is 150 Å². The van der Waals surface area contributed by atoms with E-state index in [4.69, 9.17) is 0 Å². The first-order chi connectivity index (χ1) is 19.9. The Labute approximate surface area is 252 Å². The Morgan fingerprint density at radius 2 is 0.902 bits per heavy atom. The number of rotatable bonds is 14. The third-order valence-electron chi connectivity index (χ3n) is 8.62. The SMILES string of the molecule is CCCC[P+](CCCC(C)(C)C)(c1ccccc1)c1cccc([P+](CCCC)(c2ccccc2)c2ccccc2)c1. The number of hydrogen-bond donors (Lipinski definition) is 0. The molecule has 0 aromatic heterocycles. The van der Waals surface area contributed by atoms with Gasteiger partial charge in [-0.15, -0.1) is 0 Å². The zero-order valence-electron chi connectivity index (χ0n) is 26.2. The second-order valence-electron chi connectivity index (χ2n) is 12.8. The van der Waals surface area contributed by atoms with Gasteiger partial charge in [-0.05, 0) is 79.6 Å². The van der Waals surface area contributed by atoms with Gasteiger partial charge in [0.15, 0.2) is 0 Å². The van der Waals surface area contributed by atoms with E-state index in [-0.39, 0.29) is 0 Å². The van der Waals surface area contributed by atoms with Crippen LogP contribution in [0.2, 0.25) is 0 Å². The molecule has 4 aromatic rings. The molecule has 4 aromatic carbocycles. The van der Waals surface area contributed by atoms with Crippen LogP contribution >= 0.6 is 14.5 Å². The van der Waals surface area contributed by atoms with Crippen molar-refractivity contribution in [2.24, 2.45) is 5.41 Å². The van der Waals surface area contributed by atoms with E-state index in [0.717, 1.165) is 0 Å². The maximum atomic E-state index is 2.71. The zero-order valence-corrected chi connectivity index (χ0v) is 28.0. The molecule has 0 N–H and O–H groups in total. The molecule has 1 atom stereocenters. The summed E-state index contributed by atoms with van der Waals surface area (Å²) in [6.07, 6.45) is 11.4. The highest BCUT2D eigenvalue weighted by Crippen LogP contribution is 2.60. The normalized spacial score (nSPS) is 13.6. The van der Waals surface area contributed by atoms with Crippen LogP contribution in [-0.2, 0) is 0 Å². The highest BCUT2D eigenvalue weighted by molar-refractivity contribution is 7.96. The van der Waals surface area contributed by atoms with Crippen molar-refractivity contribution in [1.29, 1.82) is 0 Å². The van der Waals surface area contributed by atoms with Crippen LogP contribution in [0.4, 0.5) is 0 Å². The standard InChI is InChI=1S/C39H52P2/c1-6-8-30-40(31-20-29-39(3,4)5,34-21-13-10-14-22-34)37-27-19-28-38(33-37)41(32-9-7-2,35-23-15-11-16-24-35)36-25-17-12-18-26-36/h10-19,21-28,33H,6-9,20,29-32H2,1-5H3/q+2. The molecule has 0 aliphatic heterocycles. The summed E-state index contributed by atoms with van der Waals surface area (Å²) in [5, 5.41) is 7.81. The van der Waals surface area contributed by atoms with Gasteiger partial charge in [0.25, 0.3) is 0 Å². The molecule has 0 saturated heterocycles. The molecule has 0 spiro atoms. The smallest absolute Gasteiger partial charge is 0.0652 e. The highest BCUT2D eigenvalue weighted by Gasteiger charge is 2.47. The van der Waals surface area contributed by atoms with E-state index < -0.39 is 14.5 Å². The average molecular weight is 583 g/mol. The van der Waals surface area contributed by atoms with Crippen molar-refractivity contribution in [3.05, 3.63) is 115 Å². The predicted molar refractivity (Wildman–Crippen MR) is 191 cm³/mol. The van der Waals surface area contributed by atoms with Crippen molar-refractivity contribution in [3.63, 3.8) is 0 Å². The molecule has 216 valence electrons. The Bertz CT molecular complexity index is 1270. The molecule has 41 heavy (non-hydrogen) atoms. The second kappa shape index (κ2) is 14.8. The quantitative estimate of drug-likeness (QED) is 0.130. The van der Waals surface area contributed by atoms with Gasteiger partial charge in [-0.2, -0.15) is 0 Å². The van der Waals surface area contributed by atoms with Gasteiger partial charge in [-0.25, -0.2) is 0 Å². The molecule has 2 heteroatoms. The van der Waals surface area contributed by atoms with E-state index in [9.17, 15) is 0 Å². The molecule has 0 heterocycles. The number of hydrogen-bond acceptors (Lipinski definition) is 0. The van der Waals surface area contributed by atoms with Gasteiger partial charge in [0.2, 0.25) is 0 Å². The van der Waals surface area contributed by atoms with E-state index in [1.807, 2.05) is 0 Å². The van der Waals surface area contributed by atoms with Crippen LogP contribution in [0.1, 0.15) is 73.1 Å². The highest BCUT2D eigenvalue weighted by atomic mass is 31.2. The van der Waals surface area contributed by atoms with Crippen LogP contribution in [0.15, 0.2) is 115 Å². The number of benzene rings is 4. The van der Waals surface area contributed by atoms with Gasteiger partial charge in [-0.3, -0.25) is 0 Å². The first-order valence-electron chi connectivity index (χ1n) is 15.9. The maximum absolute atomic E-state index is 2.71. The van der Waals surface area contributed by atoms with Gasteiger partial charge >= 0.3 is 0 Å². The van der Waals surface area contributed by atoms with Crippen molar-refractivity contribution in [2.45, 2.75) is 73.1 Å². The van der Waals surface area contributed by atoms with E-state index in [1.54, 1.807) is 15.9 Å². The molecule has 0 aliphatic rings. The summed E-state index contributed by atoms with van der Waals surface area (Å²) >= 11 is 0. The minimum atomic E-state index is -1.82. The molecule has 0 fully saturated rings. The molecule has 0 bridgehead atoms. The topological polar surface area (TPSA) is 0 Å². The third-order valence-corrected chi connectivity index (χ3v) is 17.8. The minimum Gasteiger partial charge on any atom is -0.0652 e. The largest absolute Gasteiger partial charge is 0.112 e. The van der Waals surface area contributed by atoms with Crippen LogP contribution in [0.25, 0.3) is 0 Å². The molecule has 0 nitrogen and oxygen atoms in total. The van der Waals surface area contributed by atoms with Gasteiger partial charge in [0.1, 0.15) is 28.5 Å². The van der Waals surface area contributed by atoms with E-state index >= 15 is 0 Å². The summed E-state index contributed by atoms with van der Waals surface area (Å²) in [6.45, 7) is 11.9. The van der Waals surface area contributed by atoms with Gasteiger partial charge in [0, 0.05) is 6.07 Å². The molecule has 0 aliphatic carbocycles. The molecule has 0 radical (unpaired) electrons. The fourth-order valence-electron chi connectivity index (χ4n) is 6.39. The van der Waals surface area contributed by atoms with Crippen LogP contribution < -0.4 is 26.5 Å². The summed E-state index contributed by atoms with van der Waals surface area (Å²) < 4.78 is 0. The van der Waals surface area contributed by atoms with Crippen molar-refractivity contribution < 1.29 is 0 Å². The summed E-state index contributed by atoms with van der Waals surface area (Å²) in [7, 11) is -3.41. The van der Waals surface area contributed by atoms with Crippen molar-refractivity contribution in [1.82, 2.24) is 0 Å². The van der Waals surface area contributed by atoms with Crippen LogP contribution in [-0.4, -0.2) is 18.5 Å². The van der Waals surface area contributed by atoms with E-state index in [1.165, 1.54) is 67.6 Å². The van der Waals surface area contributed by atoms with Gasteiger partial charge in [0.05, 0.1) is 31.1 Å². The lowest BCUT2D eigenvalue weighted by atomic mass is 9.91. The zero-order chi connectivity index (χ0) is 29.2. The van der Waals surface area contributed by atoms with Crippen molar-refractivity contribution in [3.8, 4) is 0 Å².